The summed E-state index contributed by atoms with van der Waals surface area (Å²) in [5.41, 5.74) is 1.28. The van der Waals surface area contributed by atoms with Crippen LogP contribution in [0.25, 0.3) is 0 Å². The summed E-state index contributed by atoms with van der Waals surface area (Å²) in [6.45, 7) is 5.48. The summed E-state index contributed by atoms with van der Waals surface area (Å²) in [4.78, 5) is 24.9. The molecule has 0 aliphatic carbocycles. The monoisotopic (exact) mass is 413 g/mol. The van der Waals surface area contributed by atoms with E-state index in [0.717, 1.165) is 16.9 Å². The van der Waals surface area contributed by atoms with Crippen molar-refractivity contribution in [2.24, 2.45) is 0 Å². The molecule has 0 saturated heterocycles. The van der Waals surface area contributed by atoms with Gasteiger partial charge < -0.3 is 19.5 Å². The Labute approximate surface area is 178 Å². The number of methoxy groups -OCH3 is 1. The molecular formula is C24H31NO5. The minimum Gasteiger partial charge on any atom is -0.496 e. The van der Waals surface area contributed by atoms with E-state index in [2.05, 4.69) is 5.32 Å². The predicted octanol–water partition coefficient (Wildman–Crippen LogP) is 4.65. The number of nitrogens with one attached hydrogen (secondary N) is 1. The van der Waals surface area contributed by atoms with E-state index in [0.29, 0.717) is 19.3 Å². The number of rotatable bonds is 9. The van der Waals surface area contributed by atoms with Crippen LogP contribution in [0.4, 0.5) is 4.79 Å². The van der Waals surface area contributed by atoms with Crippen LogP contribution < -0.4 is 10.1 Å². The number of para-hydroxylation sites is 1. The van der Waals surface area contributed by atoms with Gasteiger partial charge in [0.15, 0.2) is 0 Å². The van der Waals surface area contributed by atoms with Crippen LogP contribution in [0.3, 0.4) is 0 Å². The van der Waals surface area contributed by atoms with Crippen molar-refractivity contribution in [3.05, 3.63) is 65.7 Å². The van der Waals surface area contributed by atoms with Gasteiger partial charge in [0, 0.05) is 0 Å². The average Bonchev–Trinajstić information content (AvgIpc) is 2.71. The molecule has 0 heterocycles. The number of hydrogen-bond donors (Lipinski definition) is 1. The van der Waals surface area contributed by atoms with Gasteiger partial charge in [-0.05, 0) is 57.2 Å². The van der Waals surface area contributed by atoms with E-state index in [4.69, 9.17) is 14.2 Å². The Bertz CT molecular complexity index is 814. The zero-order valence-electron chi connectivity index (χ0n) is 18.1. The fraction of sp³-hybridized carbons (Fsp3) is 0.417. The van der Waals surface area contributed by atoms with Gasteiger partial charge in [0.1, 0.15) is 24.0 Å². The summed E-state index contributed by atoms with van der Waals surface area (Å²) >= 11 is 0. The topological polar surface area (TPSA) is 73.9 Å². The molecule has 6 nitrogen and oxygen atoms in total. The lowest BCUT2D eigenvalue weighted by atomic mass is 10.0. The fourth-order valence-electron chi connectivity index (χ4n) is 2.93. The van der Waals surface area contributed by atoms with Crippen LogP contribution in [0.5, 0.6) is 5.75 Å². The number of benzene rings is 2. The first-order valence-electron chi connectivity index (χ1n) is 10.1. The Hall–Kier alpha value is -3.02. The van der Waals surface area contributed by atoms with Crippen molar-refractivity contribution in [2.75, 3.05) is 7.11 Å². The van der Waals surface area contributed by atoms with E-state index in [1.807, 2.05) is 54.6 Å². The molecule has 30 heavy (non-hydrogen) atoms. The fourth-order valence-corrected chi connectivity index (χ4v) is 2.93. The van der Waals surface area contributed by atoms with Crippen molar-refractivity contribution in [3.8, 4) is 5.75 Å². The lowest BCUT2D eigenvalue weighted by molar-refractivity contribution is -0.147. The molecular weight excluding hydrogens is 382 g/mol. The van der Waals surface area contributed by atoms with Crippen molar-refractivity contribution in [1.29, 1.82) is 0 Å². The van der Waals surface area contributed by atoms with E-state index < -0.39 is 23.7 Å². The second-order valence-corrected chi connectivity index (χ2v) is 8.00. The highest BCUT2D eigenvalue weighted by molar-refractivity contribution is 5.81. The van der Waals surface area contributed by atoms with Crippen molar-refractivity contribution in [1.82, 2.24) is 5.32 Å². The van der Waals surface area contributed by atoms with Crippen molar-refractivity contribution < 1.29 is 23.8 Å². The third-order valence-electron chi connectivity index (χ3n) is 4.33. The molecule has 0 radical (unpaired) electrons. The van der Waals surface area contributed by atoms with Crippen LogP contribution in [0.1, 0.15) is 44.7 Å². The molecule has 2 rings (SSSR count). The summed E-state index contributed by atoms with van der Waals surface area (Å²) in [7, 11) is 1.63. The third kappa shape index (κ3) is 8.15. The van der Waals surface area contributed by atoms with Crippen molar-refractivity contribution in [2.45, 2.75) is 58.3 Å². The molecule has 0 bridgehead atoms. The predicted molar refractivity (Wildman–Crippen MR) is 115 cm³/mol. The molecule has 2 aromatic carbocycles. The summed E-state index contributed by atoms with van der Waals surface area (Å²) in [6.07, 6.45) is 1.16. The maximum absolute atomic E-state index is 12.7. The molecule has 0 aliphatic heterocycles. The molecule has 1 N–H and O–H groups in total. The molecule has 162 valence electrons. The Balaban J connectivity index is 1.98. The Morgan fingerprint density at radius 3 is 2.33 bits per heavy atom. The van der Waals surface area contributed by atoms with Crippen LogP contribution in [0, 0.1) is 0 Å². The molecule has 0 unspecified atom stereocenters. The summed E-state index contributed by atoms with van der Waals surface area (Å²) < 4.78 is 16.1. The number of alkyl carbamates (subject to hydrolysis) is 1. The van der Waals surface area contributed by atoms with Gasteiger partial charge in [-0.2, -0.15) is 0 Å². The summed E-state index contributed by atoms with van der Waals surface area (Å²) in [5, 5.41) is 2.66. The molecule has 0 saturated carbocycles. The quantitative estimate of drug-likeness (QED) is 0.606. The second-order valence-electron chi connectivity index (χ2n) is 8.00. The van der Waals surface area contributed by atoms with Gasteiger partial charge >= 0.3 is 12.1 Å². The van der Waals surface area contributed by atoms with Gasteiger partial charge in [-0.15, -0.1) is 0 Å². The van der Waals surface area contributed by atoms with E-state index in [1.165, 1.54) is 0 Å². The van der Waals surface area contributed by atoms with E-state index >= 15 is 0 Å². The number of aryl methyl sites for hydroxylation is 1. The van der Waals surface area contributed by atoms with Crippen LogP contribution >= 0.6 is 0 Å². The van der Waals surface area contributed by atoms with Gasteiger partial charge in [-0.25, -0.2) is 9.59 Å². The van der Waals surface area contributed by atoms with E-state index in [1.54, 1.807) is 27.9 Å². The number of ether oxygens (including phenoxy) is 3. The van der Waals surface area contributed by atoms with E-state index in [-0.39, 0.29) is 6.61 Å². The maximum atomic E-state index is 12.7. The van der Waals surface area contributed by atoms with Crippen molar-refractivity contribution >= 4 is 12.1 Å². The molecule has 0 aliphatic rings. The normalized spacial score (nSPS) is 12.0. The zero-order chi connectivity index (χ0) is 22.0. The van der Waals surface area contributed by atoms with Crippen LogP contribution in [-0.2, 0) is 27.3 Å². The summed E-state index contributed by atoms with van der Waals surface area (Å²) in [6, 6.07) is 16.4. The summed E-state index contributed by atoms with van der Waals surface area (Å²) in [5.74, 6) is 0.325. The number of amides is 1. The number of esters is 1. The molecule has 6 heteroatoms. The first-order chi connectivity index (χ1) is 14.3. The smallest absolute Gasteiger partial charge is 0.408 e. The first kappa shape index (κ1) is 23.3. The van der Waals surface area contributed by atoms with Crippen LogP contribution in [-0.4, -0.2) is 30.8 Å². The molecule has 0 fully saturated rings. The molecule has 0 aromatic heterocycles. The standard InChI is InChI=1S/C24H31NO5/c1-24(2,3)30-23(27)25-20(22(26)29-17-18-11-6-5-7-12-18)15-10-14-19-13-8-9-16-21(19)28-4/h5-9,11-13,16,20H,10,14-15,17H2,1-4H3,(H,25,27)/t20-/m0/s1. The average molecular weight is 414 g/mol. The molecule has 0 spiro atoms. The highest BCUT2D eigenvalue weighted by Crippen LogP contribution is 2.20. The Morgan fingerprint density at radius 2 is 1.67 bits per heavy atom. The number of carbonyl (C=O) groups is 2. The molecule has 1 atom stereocenters. The molecule has 1 amide bonds. The van der Waals surface area contributed by atoms with Gasteiger partial charge in [0.05, 0.1) is 7.11 Å². The maximum Gasteiger partial charge on any atom is 0.408 e. The Morgan fingerprint density at radius 1 is 1.00 bits per heavy atom. The Kier molecular flexibility index (Phi) is 8.71. The first-order valence-corrected chi connectivity index (χ1v) is 10.1. The number of hydrogen-bond acceptors (Lipinski definition) is 5. The highest BCUT2D eigenvalue weighted by Gasteiger charge is 2.25. The van der Waals surface area contributed by atoms with Crippen LogP contribution in [0.2, 0.25) is 0 Å². The van der Waals surface area contributed by atoms with Gasteiger partial charge in [-0.3, -0.25) is 0 Å². The minimum atomic E-state index is -0.793. The lowest BCUT2D eigenvalue weighted by Crippen LogP contribution is -2.44. The highest BCUT2D eigenvalue weighted by atomic mass is 16.6. The zero-order valence-corrected chi connectivity index (χ0v) is 18.1. The largest absolute Gasteiger partial charge is 0.496 e. The van der Waals surface area contributed by atoms with Gasteiger partial charge in [-0.1, -0.05) is 48.5 Å². The molecule has 2 aromatic rings. The van der Waals surface area contributed by atoms with Gasteiger partial charge in [0.25, 0.3) is 0 Å². The minimum absolute atomic E-state index is 0.151. The SMILES string of the molecule is COc1ccccc1CCC[C@H](NC(=O)OC(C)(C)C)C(=O)OCc1ccccc1. The van der Waals surface area contributed by atoms with Crippen LogP contribution in [0.15, 0.2) is 54.6 Å². The lowest BCUT2D eigenvalue weighted by Gasteiger charge is -2.23. The number of carbonyl (C=O) groups excluding carboxylic acids is 2. The van der Waals surface area contributed by atoms with Crippen molar-refractivity contribution in [3.63, 3.8) is 0 Å². The third-order valence-corrected chi connectivity index (χ3v) is 4.33. The van der Waals surface area contributed by atoms with E-state index in [9.17, 15) is 9.59 Å². The second kappa shape index (κ2) is 11.2. The van der Waals surface area contributed by atoms with Gasteiger partial charge in [0.2, 0.25) is 0 Å².